The Bertz CT molecular complexity index is 1850. The molecule has 0 spiro atoms. The zero-order chi connectivity index (χ0) is 30.8. The third kappa shape index (κ3) is 6.93. The second-order valence-corrected chi connectivity index (χ2v) is 13.2. The summed E-state index contributed by atoms with van der Waals surface area (Å²) in [6, 6.07) is 15.4. The number of rotatable bonds is 7. The Kier molecular flexibility index (Phi) is 8.40. The molecule has 1 aliphatic rings. The fraction of sp³-hybridized carbons (Fsp3) is 0.364. The van der Waals surface area contributed by atoms with Crippen molar-refractivity contribution in [3.05, 3.63) is 87.5 Å². The van der Waals surface area contributed by atoms with Gasteiger partial charge in [0.15, 0.2) is 11.6 Å². The third-order valence-electron chi connectivity index (χ3n) is 7.71. The monoisotopic (exact) mass is 658 g/mol. The predicted molar refractivity (Wildman–Crippen MR) is 172 cm³/mol. The van der Waals surface area contributed by atoms with Crippen LogP contribution in [-0.4, -0.2) is 48.3 Å². The Morgan fingerprint density at radius 2 is 1.82 bits per heavy atom. The van der Waals surface area contributed by atoms with Crippen molar-refractivity contribution in [1.29, 1.82) is 0 Å². The van der Waals surface area contributed by atoms with Gasteiger partial charge in [0.05, 0.1) is 36.6 Å². The van der Waals surface area contributed by atoms with E-state index in [-0.39, 0.29) is 17.7 Å². The van der Waals surface area contributed by atoms with Crippen molar-refractivity contribution >= 4 is 38.8 Å². The maximum absolute atomic E-state index is 12.9. The average molecular weight is 660 g/mol. The van der Waals surface area contributed by atoms with Crippen LogP contribution in [0.1, 0.15) is 52.0 Å². The lowest BCUT2D eigenvalue weighted by molar-refractivity contribution is 0.0483. The van der Waals surface area contributed by atoms with E-state index >= 15 is 0 Å². The highest BCUT2D eigenvalue weighted by Crippen LogP contribution is 2.26. The summed E-state index contributed by atoms with van der Waals surface area (Å²) >= 11 is 3.52. The first-order valence-electron chi connectivity index (χ1n) is 14.8. The van der Waals surface area contributed by atoms with E-state index in [1.54, 1.807) is 29.2 Å². The minimum Gasteiger partial charge on any atom is -0.490 e. The lowest BCUT2D eigenvalue weighted by Crippen LogP contribution is -2.41. The van der Waals surface area contributed by atoms with Crippen molar-refractivity contribution in [1.82, 2.24) is 29.2 Å². The molecule has 0 radical (unpaired) electrons. The molecule has 1 saturated carbocycles. The van der Waals surface area contributed by atoms with Crippen LogP contribution in [0.4, 0.5) is 4.79 Å². The molecule has 3 heterocycles. The number of aromatic nitrogens is 5. The number of nitrogens with zero attached hydrogens (tertiary/aromatic N) is 5. The quantitative estimate of drug-likeness (QED) is 0.216. The molecule has 1 N–H and O–H groups in total. The first-order valence-corrected chi connectivity index (χ1v) is 15.6. The van der Waals surface area contributed by atoms with Gasteiger partial charge in [-0.3, -0.25) is 13.8 Å². The van der Waals surface area contributed by atoms with Crippen molar-refractivity contribution in [2.45, 2.75) is 64.6 Å². The highest BCUT2D eigenvalue weighted by atomic mass is 79.9. The van der Waals surface area contributed by atoms with Crippen molar-refractivity contribution < 1.29 is 14.3 Å². The molecule has 1 aliphatic carbocycles. The van der Waals surface area contributed by atoms with E-state index in [0.717, 1.165) is 52.3 Å². The minimum absolute atomic E-state index is 0.122. The summed E-state index contributed by atoms with van der Waals surface area (Å²) in [7, 11) is 0. The standard InChI is InChI=1S/C33H35BrN6O4/c1-33(2,3)44-32(42)37-25-10-7-21(8-11-25)20-43-26-17-35-30(36-18-26)23-6-4-5-22(15-23)19-40-29(41)13-14-39-28-16-24(34)9-12-27(28)38-31(39)40/h4-6,9,12-18,21,25H,7-8,10-11,19-20H2,1-3H3,(H,37,42). The van der Waals surface area contributed by atoms with Gasteiger partial charge in [0.1, 0.15) is 5.60 Å². The number of imidazole rings is 1. The maximum atomic E-state index is 12.9. The second kappa shape index (κ2) is 12.4. The summed E-state index contributed by atoms with van der Waals surface area (Å²) < 4.78 is 15.9. The molecule has 2 aromatic carbocycles. The van der Waals surface area contributed by atoms with Crippen molar-refractivity contribution in [2.75, 3.05) is 6.61 Å². The van der Waals surface area contributed by atoms with Crippen LogP contribution >= 0.6 is 15.9 Å². The van der Waals surface area contributed by atoms with Crippen LogP contribution in [0.3, 0.4) is 0 Å². The summed E-state index contributed by atoms with van der Waals surface area (Å²) in [5.41, 5.74) is 2.91. The van der Waals surface area contributed by atoms with Crippen molar-refractivity contribution in [3.63, 3.8) is 0 Å². The Morgan fingerprint density at radius 1 is 1.05 bits per heavy atom. The lowest BCUT2D eigenvalue weighted by atomic mass is 9.86. The smallest absolute Gasteiger partial charge is 0.407 e. The normalized spacial score (nSPS) is 17.1. The van der Waals surface area contributed by atoms with Gasteiger partial charge >= 0.3 is 6.09 Å². The average Bonchev–Trinajstić information content (AvgIpc) is 3.35. The summed E-state index contributed by atoms with van der Waals surface area (Å²) in [4.78, 5) is 38.8. The molecular formula is C33H35BrN6O4. The molecule has 0 atom stereocenters. The largest absolute Gasteiger partial charge is 0.490 e. The van der Waals surface area contributed by atoms with Gasteiger partial charge in [-0.05, 0) is 82.2 Å². The number of ether oxygens (including phenoxy) is 2. The third-order valence-corrected chi connectivity index (χ3v) is 8.21. The second-order valence-electron chi connectivity index (χ2n) is 12.3. The number of nitrogens with one attached hydrogen (secondary N) is 1. The van der Waals surface area contributed by atoms with E-state index in [9.17, 15) is 9.59 Å². The van der Waals surface area contributed by atoms with Crippen molar-refractivity contribution in [2.24, 2.45) is 5.92 Å². The molecule has 0 aliphatic heterocycles. The SMILES string of the molecule is CC(C)(C)OC(=O)NC1CCC(COc2cnc(-c3cccc(Cn4c(=O)ccn5c6cc(Br)ccc6nc45)c3)nc2)CC1. The van der Waals surface area contributed by atoms with Crippen LogP contribution in [0.15, 0.2) is 76.4 Å². The highest BCUT2D eigenvalue weighted by molar-refractivity contribution is 9.10. The number of hydrogen-bond acceptors (Lipinski definition) is 7. The number of hydrogen-bond donors (Lipinski definition) is 1. The first-order chi connectivity index (χ1) is 21.1. The number of alkyl carbamates (subject to hydrolysis) is 1. The Labute approximate surface area is 263 Å². The van der Waals surface area contributed by atoms with Gasteiger partial charge in [0, 0.05) is 28.3 Å². The van der Waals surface area contributed by atoms with Gasteiger partial charge in [-0.15, -0.1) is 0 Å². The fourth-order valence-corrected chi connectivity index (χ4v) is 5.91. The summed E-state index contributed by atoms with van der Waals surface area (Å²) in [6.45, 7) is 6.53. The Balaban J connectivity index is 1.07. The van der Waals surface area contributed by atoms with E-state index in [2.05, 4.69) is 31.2 Å². The predicted octanol–water partition coefficient (Wildman–Crippen LogP) is 6.38. The van der Waals surface area contributed by atoms with E-state index in [1.165, 1.54) is 0 Å². The number of benzene rings is 2. The van der Waals surface area contributed by atoms with E-state index < -0.39 is 5.60 Å². The Hall–Kier alpha value is -4.25. The summed E-state index contributed by atoms with van der Waals surface area (Å²) in [5.74, 6) is 2.19. The Morgan fingerprint density at radius 3 is 2.57 bits per heavy atom. The van der Waals surface area contributed by atoms with Gasteiger partial charge in [0.2, 0.25) is 5.78 Å². The van der Waals surface area contributed by atoms with Crippen LogP contribution in [-0.2, 0) is 11.3 Å². The number of carbonyl (C=O) groups is 1. The molecule has 0 bridgehead atoms. The zero-order valence-corrected chi connectivity index (χ0v) is 26.6. The number of amides is 1. The van der Waals surface area contributed by atoms with Crippen LogP contribution in [0.5, 0.6) is 5.75 Å². The molecule has 44 heavy (non-hydrogen) atoms. The van der Waals surface area contributed by atoms with E-state index in [1.807, 2.05) is 67.6 Å². The zero-order valence-electron chi connectivity index (χ0n) is 25.0. The van der Waals surface area contributed by atoms with Gasteiger partial charge in [0.25, 0.3) is 5.56 Å². The van der Waals surface area contributed by atoms with Crippen LogP contribution in [0.2, 0.25) is 0 Å². The molecule has 3 aromatic heterocycles. The van der Waals surface area contributed by atoms with E-state index in [4.69, 9.17) is 14.5 Å². The van der Waals surface area contributed by atoms with E-state index in [0.29, 0.717) is 36.4 Å². The summed E-state index contributed by atoms with van der Waals surface area (Å²) in [6.07, 6.45) is 8.53. The van der Waals surface area contributed by atoms with Gasteiger partial charge in [-0.25, -0.2) is 19.7 Å². The van der Waals surface area contributed by atoms with Gasteiger partial charge in [-0.2, -0.15) is 0 Å². The molecule has 1 amide bonds. The molecule has 10 nitrogen and oxygen atoms in total. The molecule has 6 rings (SSSR count). The maximum Gasteiger partial charge on any atom is 0.407 e. The molecule has 1 fully saturated rings. The molecule has 0 unspecified atom stereocenters. The molecular weight excluding hydrogens is 624 g/mol. The first kappa shape index (κ1) is 29.8. The highest BCUT2D eigenvalue weighted by Gasteiger charge is 2.25. The lowest BCUT2D eigenvalue weighted by Gasteiger charge is -2.30. The van der Waals surface area contributed by atoms with Crippen LogP contribution in [0.25, 0.3) is 28.2 Å². The topological polar surface area (TPSA) is 113 Å². The number of halogens is 1. The molecule has 11 heteroatoms. The number of carbonyl (C=O) groups excluding carboxylic acids is 1. The van der Waals surface area contributed by atoms with Gasteiger partial charge in [-0.1, -0.05) is 34.1 Å². The van der Waals surface area contributed by atoms with Crippen LogP contribution in [0, 0.1) is 5.92 Å². The number of fused-ring (bicyclic) bond motifs is 3. The minimum atomic E-state index is -0.500. The van der Waals surface area contributed by atoms with Crippen molar-refractivity contribution in [3.8, 4) is 17.1 Å². The molecule has 0 saturated heterocycles. The van der Waals surface area contributed by atoms with Crippen LogP contribution < -0.4 is 15.6 Å². The molecule has 5 aromatic rings. The fourth-order valence-electron chi connectivity index (χ4n) is 5.56. The summed E-state index contributed by atoms with van der Waals surface area (Å²) in [5, 5.41) is 2.98. The molecule has 228 valence electrons. The van der Waals surface area contributed by atoms with Gasteiger partial charge < -0.3 is 14.8 Å².